The van der Waals surface area contributed by atoms with Gasteiger partial charge in [0.2, 0.25) is 12.1 Å². The average Bonchev–Trinajstić information content (AvgIpc) is 2.88. The summed E-state index contributed by atoms with van der Waals surface area (Å²) in [5.74, 6) is 2.17. The van der Waals surface area contributed by atoms with Crippen LogP contribution in [0.3, 0.4) is 0 Å². The first-order valence-corrected chi connectivity index (χ1v) is 6.70. The van der Waals surface area contributed by atoms with E-state index < -0.39 is 0 Å². The summed E-state index contributed by atoms with van der Waals surface area (Å²) in [6, 6.07) is 5.77. The van der Waals surface area contributed by atoms with E-state index in [1.165, 1.54) is 0 Å². The Labute approximate surface area is 123 Å². The van der Waals surface area contributed by atoms with Crippen molar-refractivity contribution >= 4 is 33.3 Å². The topological polar surface area (TPSA) is 56.3 Å². The highest BCUT2D eigenvalue weighted by molar-refractivity contribution is 9.10. The fourth-order valence-electron chi connectivity index (χ4n) is 1.78. The molecule has 0 spiro atoms. The third kappa shape index (κ3) is 2.59. The maximum Gasteiger partial charge on any atom is 0.231 e. The molecule has 98 valence electrons. The van der Waals surface area contributed by atoms with Gasteiger partial charge < -0.3 is 14.8 Å². The number of rotatable bonds is 3. The second-order valence-electron chi connectivity index (χ2n) is 3.84. The number of anilines is 1. The van der Waals surface area contributed by atoms with E-state index in [9.17, 15) is 0 Å². The molecule has 0 radical (unpaired) electrons. The summed E-state index contributed by atoms with van der Waals surface area (Å²) in [5.41, 5.74) is 0.997. The molecule has 0 amide bonds. The van der Waals surface area contributed by atoms with Crippen molar-refractivity contribution in [2.45, 2.75) is 6.54 Å². The predicted molar refractivity (Wildman–Crippen MR) is 74.6 cm³/mol. The number of halogens is 2. The number of benzene rings is 1. The SMILES string of the molecule is Clc1ncc(Br)c(NCc2cccc3c2OCO3)n1. The van der Waals surface area contributed by atoms with Crippen molar-refractivity contribution in [3.8, 4) is 11.5 Å². The molecule has 5 nitrogen and oxygen atoms in total. The molecule has 1 N–H and O–H groups in total. The zero-order valence-corrected chi connectivity index (χ0v) is 12.0. The lowest BCUT2D eigenvalue weighted by Gasteiger charge is -2.09. The van der Waals surface area contributed by atoms with Crippen LogP contribution in [0.5, 0.6) is 11.5 Å². The van der Waals surface area contributed by atoms with E-state index in [0.29, 0.717) is 12.4 Å². The molecule has 19 heavy (non-hydrogen) atoms. The van der Waals surface area contributed by atoms with Crippen molar-refractivity contribution in [1.29, 1.82) is 0 Å². The first-order valence-electron chi connectivity index (χ1n) is 5.53. The number of hydrogen-bond acceptors (Lipinski definition) is 5. The predicted octanol–water partition coefficient (Wildman–Crippen LogP) is 3.23. The number of nitrogens with one attached hydrogen (secondary N) is 1. The molecule has 2 heterocycles. The number of ether oxygens (including phenoxy) is 2. The van der Waals surface area contributed by atoms with E-state index in [1.807, 2.05) is 18.2 Å². The molecule has 1 aliphatic heterocycles. The molecule has 0 unspecified atom stereocenters. The van der Waals surface area contributed by atoms with Crippen LogP contribution in [0.4, 0.5) is 5.82 Å². The fourth-order valence-corrected chi connectivity index (χ4v) is 2.24. The number of hydrogen-bond donors (Lipinski definition) is 1. The Hall–Kier alpha value is -1.53. The summed E-state index contributed by atoms with van der Waals surface area (Å²) in [7, 11) is 0. The van der Waals surface area contributed by atoms with Crippen LogP contribution in [0.2, 0.25) is 5.28 Å². The Bertz CT molecular complexity index is 624. The molecule has 1 aromatic heterocycles. The van der Waals surface area contributed by atoms with E-state index >= 15 is 0 Å². The van der Waals surface area contributed by atoms with Gasteiger partial charge in [0.05, 0.1) is 4.47 Å². The van der Waals surface area contributed by atoms with Gasteiger partial charge in [-0.25, -0.2) is 4.98 Å². The van der Waals surface area contributed by atoms with Gasteiger partial charge in [-0.1, -0.05) is 12.1 Å². The lowest BCUT2D eigenvalue weighted by Crippen LogP contribution is -2.04. The first kappa shape index (κ1) is 12.5. The van der Waals surface area contributed by atoms with Crippen molar-refractivity contribution in [1.82, 2.24) is 9.97 Å². The molecule has 0 bridgehead atoms. The van der Waals surface area contributed by atoms with Gasteiger partial charge in [-0.3, -0.25) is 0 Å². The maximum atomic E-state index is 5.76. The molecular weight excluding hydrogens is 334 g/mol. The summed E-state index contributed by atoms with van der Waals surface area (Å²) in [6.45, 7) is 0.813. The van der Waals surface area contributed by atoms with Crippen LogP contribution in [0.15, 0.2) is 28.9 Å². The Kier molecular flexibility index (Phi) is 3.44. The van der Waals surface area contributed by atoms with Gasteiger partial charge in [-0.05, 0) is 33.6 Å². The number of fused-ring (bicyclic) bond motifs is 1. The second kappa shape index (κ2) is 5.22. The molecule has 0 saturated heterocycles. The number of aromatic nitrogens is 2. The molecule has 2 aromatic rings. The van der Waals surface area contributed by atoms with Gasteiger partial charge in [0.1, 0.15) is 5.82 Å². The fraction of sp³-hybridized carbons (Fsp3) is 0.167. The quantitative estimate of drug-likeness (QED) is 0.868. The van der Waals surface area contributed by atoms with Crippen molar-refractivity contribution in [3.63, 3.8) is 0 Å². The highest BCUT2D eigenvalue weighted by atomic mass is 79.9. The van der Waals surface area contributed by atoms with Gasteiger partial charge in [0, 0.05) is 18.3 Å². The first-order chi connectivity index (χ1) is 9.24. The second-order valence-corrected chi connectivity index (χ2v) is 5.03. The third-order valence-electron chi connectivity index (χ3n) is 2.64. The van der Waals surface area contributed by atoms with E-state index in [2.05, 4.69) is 31.2 Å². The van der Waals surface area contributed by atoms with E-state index in [1.54, 1.807) is 6.20 Å². The minimum atomic E-state index is 0.198. The van der Waals surface area contributed by atoms with Crippen molar-refractivity contribution in [3.05, 3.63) is 39.7 Å². The number of nitrogens with zero attached hydrogens (tertiary/aromatic N) is 2. The summed E-state index contributed by atoms with van der Waals surface area (Å²) in [4.78, 5) is 7.98. The molecule has 3 rings (SSSR count). The lowest BCUT2D eigenvalue weighted by molar-refractivity contribution is 0.173. The molecule has 0 saturated carbocycles. The Morgan fingerprint density at radius 3 is 3.16 bits per heavy atom. The monoisotopic (exact) mass is 341 g/mol. The Morgan fingerprint density at radius 1 is 1.37 bits per heavy atom. The number of para-hydroxylation sites is 1. The van der Waals surface area contributed by atoms with Gasteiger partial charge in [-0.2, -0.15) is 4.98 Å². The van der Waals surface area contributed by atoms with E-state index in [-0.39, 0.29) is 12.1 Å². The van der Waals surface area contributed by atoms with Crippen LogP contribution >= 0.6 is 27.5 Å². The molecule has 1 aliphatic rings. The largest absolute Gasteiger partial charge is 0.454 e. The minimum Gasteiger partial charge on any atom is -0.454 e. The van der Waals surface area contributed by atoms with Crippen LogP contribution in [-0.4, -0.2) is 16.8 Å². The van der Waals surface area contributed by atoms with Gasteiger partial charge in [-0.15, -0.1) is 0 Å². The highest BCUT2D eigenvalue weighted by Crippen LogP contribution is 2.35. The molecular formula is C12H9BrClN3O2. The smallest absolute Gasteiger partial charge is 0.231 e. The van der Waals surface area contributed by atoms with Crippen LogP contribution < -0.4 is 14.8 Å². The molecule has 0 atom stereocenters. The van der Waals surface area contributed by atoms with E-state index in [4.69, 9.17) is 21.1 Å². The van der Waals surface area contributed by atoms with Gasteiger partial charge >= 0.3 is 0 Å². The zero-order chi connectivity index (χ0) is 13.2. The van der Waals surface area contributed by atoms with Crippen LogP contribution in [0.1, 0.15) is 5.56 Å². The van der Waals surface area contributed by atoms with Crippen LogP contribution in [0, 0.1) is 0 Å². The lowest BCUT2D eigenvalue weighted by atomic mass is 10.2. The van der Waals surface area contributed by atoms with Gasteiger partial charge in [0.25, 0.3) is 0 Å². The zero-order valence-electron chi connectivity index (χ0n) is 9.69. The third-order valence-corrected chi connectivity index (χ3v) is 3.40. The maximum absolute atomic E-state index is 5.76. The normalized spacial score (nSPS) is 12.5. The molecule has 0 aliphatic carbocycles. The Balaban J connectivity index is 1.80. The summed E-state index contributed by atoms with van der Waals surface area (Å²) >= 11 is 9.13. The standard InChI is InChI=1S/C12H9BrClN3O2/c13-8-5-16-12(14)17-11(8)15-4-7-2-1-3-9-10(7)19-6-18-9/h1-3,5H,4,6H2,(H,15,16,17). The average molecular weight is 343 g/mol. The van der Waals surface area contributed by atoms with Gasteiger partial charge in [0.15, 0.2) is 11.5 Å². The summed E-state index contributed by atoms with van der Waals surface area (Å²) < 4.78 is 11.5. The van der Waals surface area contributed by atoms with Crippen LogP contribution in [-0.2, 0) is 6.54 Å². The van der Waals surface area contributed by atoms with Crippen molar-refractivity contribution in [2.24, 2.45) is 0 Å². The van der Waals surface area contributed by atoms with E-state index in [0.717, 1.165) is 21.5 Å². The Morgan fingerprint density at radius 2 is 2.26 bits per heavy atom. The van der Waals surface area contributed by atoms with Crippen molar-refractivity contribution < 1.29 is 9.47 Å². The summed E-state index contributed by atoms with van der Waals surface area (Å²) in [6.07, 6.45) is 1.60. The summed E-state index contributed by atoms with van der Waals surface area (Å²) in [5, 5.41) is 3.38. The molecule has 1 aromatic carbocycles. The van der Waals surface area contributed by atoms with Crippen LogP contribution in [0.25, 0.3) is 0 Å². The minimum absolute atomic E-state index is 0.198. The van der Waals surface area contributed by atoms with Crippen molar-refractivity contribution in [2.75, 3.05) is 12.1 Å². The highest BCUT2D eigenvalue weighted by Gasteiger charge is 2.17. The molecule has 7 heteroatoms. The molecule has 0 fully saturated rings.